The summed E-state index contributed by atoms with van der Waals surface area (Å²) < 4.78 is 39.8. The minimum atomic E-state index is -3.27. The van der Waals surface area contributed by atoms with E-state index in [4.69, 9.17) is 0 Å². The van der Waals surface area contributed by atoms with Gasteiger partial charge in [0.2, 0.25) is 0 Å². The molecule has 1 heterocycles. The van der Waals surface area contributed by atoms with Crippen LogP contribution < -0.4 is 4.72 Å². The van der Waals surface area contributed by atoms with Crippen molar-refractivity contribution in [3.63, 3.8) is 0 Å². The molecule has 1 aliphatic heterocycles. The third-order valence-electron chi connectivity index (χ3n) is 2.67. The largest absolute Gasteiger partial charge is 0.279 e. The number of nitrogens with one attached hydrogen (secondary N) is 1. The van der Waals surface area contributed by atoms with E-state index in [0.29, 0.717) is 31.6 Å². The van der Waals surface area contributed by atoms with E-state index in [9.17, 15) is 12.8 Å². The third kappa shape index (κ3) is 3.24. The van der Waals surface area contributed by atoms with Gasteiger partial charge >= 0.3 is 0 Å². The van der Waals surface area contributed by atoms with Gasteiger partial charge in [-0.1, -0.05) is 12.1 Å². The zero-order chi connectivity index (χ0) is 12.5. The summed E-state index contributed by atoms with van der Waals surface area (Å²) in [7, 11) is -3.27. The van der Waals surface area contributed by atoms with E-state index in [2.05, 4.69) is 4.72 Å². The summed E-state index contributed by atoms with van der Waals surface area (Å²) in [6.45, 7) is 3.23. The predicted molar refractivity (Wildman–Crippen MR) is 63.3 cm³/mol. The van der Waals surface area contributed by atoms with Crippen molar-refractivity contribution in [2.24, 2.45) is 0 Å². The normalized spacial score (nSPS) is 16.1. The number of rotatable bonds is 5. The number of benzene rings is 1. The first-order valence-corrected chi connectivity index (χ1v) is 6.93. The highest BCUT2D eigenvalue weighted by Crippen LogP contribution is 2.11. The van der Waals surface area contributed by atoms with Gasteiger partial charge in [-0.15, -0.1) is 0 Å². The number of nitrogens with zero attached hydrogens (tertiary/aromatic N) is 1. The molecule has 2 rings (SSSR count). The van der Waals surface area contributed by atoms with Gasteiger partial charge in [-0.25, -0.2) is 9.11 Å². The molecule has 0 unspecified atom stereocenters. The maximum absolute atomic E-state index is 13.0. The van der Waals surface area contributed by atoms with E-state index in [1.165, 1.54) is 10.4 Å². The third-order valence-corrected chi connectivity index (χ3v) is 4.28. The maximum Gasteiger partial charge on any atom is 0.279 e. The zero-order valence-corrected chi connectivity index (χ0v) is 10.4. The average Bonchev–Trinajstić information content (AvgIpc) is 3.07. The Balaban J connectivity index is 1.87. The Bertz CT molecular complexity index is 512. The summed E-state index contributed by atoms with van der Waals surface area (Å²) in [5, 5.41) is 0. The van der Waals surface area contributed by atoms with E-state index in [-0.39, 0.29) is 5.82 Å². The maximum atomic E-state index is 13.0. The van der Waals surface area contributed by atoms with Crippen LogP contribution in [0, 0.1) is 12.7 Å². The van der Waals surface area contributed by atoms with Crippen LogP contribution in [0.25, 0.3) is 0 Å². The molecule has 6 heteroatoms. The van der Waals surface area contributed by atoms with Crippen molar-refractivity contribution in [3.8, 4) is 0 Å². The lowest BCUT2D eigenvalue weighted by Crippen LogP contribution is -2.31. The van der Waals surface area contributed by atoms with E-state index in [0.717, 1.165) is 5.56 Å². The Kier molecular flexibility index (Phi) is 3.46. The van der Waals surface area contributed by atoms with Crippen molar-refractivity contribution in [3.05, 3.63) is 35.1 Å². The minimum Gasteiger partial charge on any atom is -0.207 e. The molecule has 0 atom stereocenters. The fourth-order valence-electron chi connectivity index (χ4n) is 1.56. The monoisotopic (exact) mass is 258 g/mol. The van der Waals surface area contributed by atoms with Crippen molar-refractivity contribution in [2.75, 3.05) is 19.6 Å². The molecule has 1 fully saturated rings. The van der Waals surface area contributed by atoms with Gasteiger partial charge in [0.25, 0.3) is 10.2 Å². The summed E-state index contributed by atoms with van der Waals surface area (Å²) in [6, 6.07) is 4.82. The molecule has 0 amide bonds. The van der Waals surface area contributed by atoms with Crippen LogP contribution in [0.3, 0.4) is 0 Å². The Morgan fingerprint density at radius 3 is 2.71 bits per heavy atom. The van der Waals surface area contributed by atoms with Crippen LogP contribution in [-0.4, -0.2) is 32.4 Å². The second kappa shape index (κ2) is 4.72. The molecule has 1 aromatic rings. The molecule has 0 saturated carbocycles. The zero-order valence-electron chi connectivity index (χ0n) is 9.61. The molecule has 4 nitrogen and oxygen atoms in total. The summed E-state index contributed by atoms with van der Waals surface area (Å²) in [4.78, 5) is 0. The van der Waals surface area contributed by atoms with Crippen molar-refractivity contribution in [2.45, 2.75) is 13.3 Å². The summed E-state index contributed by atoms with van der Waals surface area (Å²) in [6.07, 6.45) is 0.564. The number of hydrogen-bond donors (Lipinski definition) is 1. The molecule has 1 N–H and O–H groups in total. The Hall–Kier alpha value is -0.980. The highest BCUT2D eigenvalue weighted by molar-refractivity contribution is 7.87. The molecule has 1 saturated heterocycles. The topological polar surface area (TPSA) is 49.2 Å². The number of aryl methyl sites for hydroxylation is 1. The standard InChI is InChI=1S/C11H15FN2O2S/c1-9-8-10(2-3-11(9)12)4-5-13-17(15,16)14-6-7-14/h2-3,8,13H,4-7H2,1H3. The second-order valence-corrected chi connectivity index (χ2v) is 5.89. The average molecular weight is 258 g/mol. The van der Waals surface area contributed by atoms with Crippen LogP contribution in [0.5, 0.6) is 0 Å². The van der Waals surface area contributed by atoms with Gasteiger partial charge < -0.3 is 0 Å². The van der Waals surface area contributed by atoms with Crippen LogP contribution in [0.2, 0.25) is 0 Å². The molecule has 1 aromatic carbocycles. The van der Waals surface area contributed by atoms with Crippen LogP contribution >= 0.6 is 0 Å². The van der Waals surface area contributed by atoms with Gasteiger partial charge in [0, 0.05) is 19.6 Å². The highest BCUT2D eigenvalue weighted by Gasteiger charge is 2.30. The van der Waals surface area contributed by atoms with Gasteiger partial charge in [0.1, 0.15) is 5.82 Å². The van der Waals surface area contributed by atoms with Crippen LogP contribution in [-0.2, 0) is 16.6 Å². The lowest BCUT2D eigenvalue weighted by Gasteiger charge is -2.07. The lowest BCUT2D eigenvalue weighted by molar-refractivity contribution is 0.547. The van der Waals surface area contributed by atoms with Crippen LogP contribution in [0.15, 0.2) is 18.2 Å². The fourth-order valence-corrected chi connectivity index (χ4v) is 2.66. The predicted octanol–water partition coefficient (Wildman–Crippen LogP) is 0.827. The van der Waals surface area contributed by atoms with Crippen molar-refractivity contribution < 1.29 is 12.8 Å². The molecule has 1 aliphatic rings. The molecule has 0 bridgehead atoms. The van der Waals surface area contributed by atoms with Crippen molar-refractivity contribution in [1.29, 1.82) is 0 Å². The lowest BCUT2D eigenvalue weighted by atomic mass is 10.1. The second-order valence-electron chi connectivity index (χ2n) is 4.13. The van der Waals surface area contributed by atoms with E-state index in [1.54, 1.807) is 19.1 Å². The SMILES string of the molecule is Cc1cc(CCNS(=O)(=O)N2CC2)ccc1F. The molecule has 94 valence electrons. The van der Waals surface area contributed by atoms with E-state index < -0.39 is 10.2 Å². The van der Waals surface area contributed by atoms with Gasteiger partial charge in [0.05, 0.1) is 0 Å². The Morgan fingerprint density at radius 1 is 1.41 bits per heavy atom. The molecule has 0 aromatic heterocycles. The van der Waals surface area contributed by atoms with E-state index >= 15 is 0 Å². The summed E-state index contributed by atoms with van der Waals surface area (Å²) >= 11 is 0. The Morgan fingerprint density at radius 2 is 2.12 bits per heavy atom. The van der Waals surface area contributed by atoms with Crippen LogP contribution in [0.4, 0.5) is 4.39 Å². The first-order valence-electron chi connectivity index (χ1n) is 5.49. The number of halogens is 1. The first kappa shape index (κ1) is 12.5. The van der Waals surface area contributed by atoms with Gasteiger partial charge in [0.15, 0.2) is 0 Å². The van der Waals surface area contributed by atoms with Crippen molar-refractivity contribution >= 4 is 10.2 Å². The molecule has 0 radical (unpaired) electrons. The fraction of sp³-hybridized carbons (Fsp3) is 0.455. The van der Waals surface area contributed by atoms with Crippen LogP contribution in [0.1, 0.15) is 11.1 Å². The highest BCUT2D eigenvalue weighted by atomic mass is 32.2. The molecule has 0 aliphatic carbocycles. The molecule has 17 heavy (non-hydrogen) atoms. The molecular formula is C11H15FN2O2S. The van der Waals surface area contributed by atoms with E-state index in [1.807, 2.05) is 0 Å². The van der Waals surface area contributed by atoms with Gasteiger partial charge in [-0.2, -0.15) is 12.7 Å². The van der Waals surface area contributed by atoms with Gasteiger partial charge in [-0.05, 0) is 30.5 Å². The quantitative estimate of drug-likeness (QED) is 0.795. The smallest absolute Gasteiger partial charge is 0.207 e. The summed E-state index contributed by atoms with van der Waals surface area (Å²) in [5.74, 6) is -0.238. The first-order chi connectivity index (χ1) is 7.99. The molecule has 0 spiro atoms. The molecular weight excluding hydrogens is 243 g/mol. The summed E-state index contributed by atoms with van der Waals surface area (Å²) in [5.41, 5.74) is 1.51. The van der Waals surface area contributed by atoms with Crippen molar-refractivity contribution in [1.82, 2.24) is 9.03 Å². The number of hydrogen-bond acceptors (Lipinski definition) is 2. The minimum absolute atomic E-state index is 0.238. The van der Waals surface area contributed by atoms with Gasteiger partial charge in [-0.3, -0.25) is 0 Å². The Labute approximate surface area is 101 Å².